The van der Waals surface area contributed by atoms with E-state index in [2.05, 4.69) is 21.8 Å². The maximum absolute atomic E-state index is 12.8. The number of benzene rings is 3. The molecule has 1 aliphatic rings. The maximum atomic E-state index is 12.8. The van der Waals surface area contributed by atoms with Crippen LogP contribution in [0.5, 0.6) is 5.75 Å². The Morgan fingerprint density at radius 3 is 2.41 bits per heavy atom. The second kappa shape index (κ2) is 11.7. The molecule has 1 saturated heterocycles. The van der Waals surface area contributed by atoms with Gasteiger partial charge in [-0.05, 0) is 28.3 Å². The molecule has 0 amide bonds. The Morgan fingerprint density at radius 1 is 0.971 bits per heavy atom. The molecule has 2 unspecified atom stereocenters. The molecule has 1 fully saturated rings. The van der Waals surface area contributed by atoms with Gasteiger partial charge in [-0.2, -0.15) is 0 Å². The fourth-order valence-corrected chi connectivity index (χ4v) is 4.20. The molecule has 0 aromatic heterocycles. The van der Waals surface area contributed by atoms with Crippen LogP contribution in [-0.2, 0) is 17.7 Å². The maximum Gasteiger partial charge on any atom is 0.573 e. The summed E-state index contributed by atoms with van der Waals surface area (Å²) in [6, 6.07) is 23.5. The Bertz CT molecular complexity index is 1050. The number of rotatable bonds is 7. The largest absolute Gasteiger partial charge is 0.573 e. The third kappa shape index (κ3) is 6.96. The average molecular weight is 494 g/mol. The van der Waals surface area contributed by atoms with E-state index in [0.717, 1.165) is 18.7 Å². The molecule has 3 aromatic carbocycles. The minimum Gasteiger partial charge on any atom is -0.406 e. The fourth-order valence-electron chi connectivity index (χ4n) is 4.20. The number of aliphatic hydroxyl groups excluding tert-OH is 1. The fraction of sp³-hybridized carbons (Fsp3) is 0.308. The number of alkyl halides is 3. The van der Waals surface area contributed by atoms with Crippen LogP contribution in [0.4, 0.5) is 13.2 Å². The van der Waals surface area contributed by atoms with Crippen LogP contribution in [0, 0.1) is 0 Å². The second-order valence-corrected chi connectivity index (χ2v) is 8.08. The van der Waals surface area contributed by atoms with Gasteiger partial charge in [0, 0.05) is 26.1 Å². The summed E-state index contributed by atoms with van der Waals surface area (Å²) in [6.07, 6.45) is -6.05. The predicted molar refractivity (Wildman–Crippen MR) is 126 cm³/mol. The van der Waals surface area contributed by atoms with E-state index in [1.165, 1.54) is 23.8 Å². The Balaban J connectivity index is 0.00000324. The van der Waals surface area contributed by atoms with E-state index in [1.807, 2.05) is 36.4 Å². The van der Waals surface area contributed by atoms with Gasteiger partial charge in [-0.1, -0.05) is 72.8 Å². The summed E-state index contributed by atoms with van der Waals surface area (Å²) in [7, 11) is 0. The molecule has 0 aliphatic carbocycles. The van der Waals surface area contributed by atoms with Crippen molar-refractivity contribution >= 4 is 12.4 Å². The molecular weight excluding hydrogens is 467 g/mol. The number of hydrogen-bond acceptors (Lipinski definition) is 4. The Morgan fingerprint density at radius 2 is 1.65 bits per heavy atom. The molecule has 3 aromatic rings. The van der Waals surface area contributed by atoms with Crippen molar-refractivity contribution in [1.29, 1.82) is 0 Å². The highest BCUT2D eigenvalue weighted by atomic mass is 35.5. The second-order valence-electron chi connectivity index (χ2n) is 8.08. The highest BCUT2D eigenvalue weighted by Crippen LogP contribution is 2.34. The van der Waals surface area contributed by atoms with Crippen molar-refractivity contribution < 1.29 is 27.8 Å². The van der Waals surface area contributed by atoms with E-state index in [9.17, 15) is 18.3 Å². The van der Waals surface area contributed by atoms with Gasteiger partial charge < -0.3 is 14.6 Å². The van der Waals surface area contributed by atoms with Crippen molar-refractivity contribution in [3.8, 4) is 5.75 Å². The summed E-state index contributed by atoms with van der Waals surface area (Å²) in [6.45, 7) is 2.82. The number of para-hydroxylation sites is 1. The Hall–Kier alpha value is -2.58. The van der Waals surface area contributed by atoms with Gasteiger partial charge in [0.05, 0.1) is 18.8 Å². The van der Waals surface area contributed by atoms with E-state index in [4.69, 9.17) is 4.74 Å². The minimum atomic E-state index is -4.79. The zero-order valence-electron chi connectivity index (χ0n) is 18.4. The van der Waals surface area contributed by atoms with Crippen molar-refractivity contribution in [2.75, 3.05) is 19.7 Å². The standard InChI is InChI=1S/C26H26F3NO3.ClH/c27-26(28,29)33-24-13-7-4-10-20(24)16-23(31)21-11-5-6-12-22(21)25-18-30(14-15-32-25)17-19-8-2-1-3-9-19;/h1-13,23,25,31H,14-18H2;1H. The van der Waals surface area contributed by atoms with Crippen LogP contribution in [0.1, 0.15) is 34.5 Å². The molecule has 4 nitrogen and oxygen atoms in total. The molecule has 2 atom stereocenters. The first-order chi connectivity index (χ1) is 15.9. The SMILES string of the molecule is Cl.OC(Cc1ccccc1OC(F)(F)F)c1ccccc1C1CN(Cc2ccccc2)CCO1. The normalized spacial score (nSPS) is 17.6. The summed E-state index contributed by atoms with van der Waals surface area (Å²) in [4.78, 5) is 2.30. The summed E-state index contributed by atoms with van der Waals surface area (Å²) >= 11 is 0. The summed E-state index contributed by atoms with van der Waals surface area (Å²) in [5.41, 5.74) is 2.99. The lowest BCUT2D eigenvalue weighted by Crippen LogP contribution is -2.38. The number of morpholine rings is 1. The number of aliphatic hydroxyl groups is 1. The van der Waals surface area contributed by atoms with Gasteiger partial charge in [0.15, 0.2) is 0 Å². The molecule has 34 heavy (non-hydrogen) atoms. The number of ether oxygens (including phenoxy) is 2. The zero-order valence-corrected chi connectivity index (χ0v) is 19.3. The van der Waals surface area contributed by atoms with Crippen LogP contribution in [0.15, 0.2) is 78.9 Å². The third-order valence-electron chi connectivity index (χ3n) is 5.71. The molecule has 0 spiro atoms. The van der Waals surface area contributed by atoms with Crippen molar-refractivity contribution in [2.24, 2.45) is 0 Å². The van der Waals surface area contributed by atoms with E-state index in [1.54, 1.807) is 12.1 Å². The van der Waals surface area contributed by atoms with E-state index in [-0.39, 0.29) is 36.2 Å². The molecule has 0 saturated carbocycles. The average Bonchev–Trinajstić information content (AvgIpc) is 2.80. The monoisotopic (exact) mass is 493 g/mol. The highest BCUT2D eigenvalue weighted by molar-refractivity contribution is 5.85. The van der Waals surface area contributed by atoms with Crippen molar-refractivity contribution in [2.45, 2.75) is 31.5 Å². The molecule has 8 heteroatoms. The van der Waals surface area contributed by atoms with Crippen molar-refractivity contribution in [3.63, 3.8) is 0 Å². The first kappa shape index (κ1) is 26.0. The summed E-state index contributed by atoms with van der Waals surface area (Å²) in [5.74, 6) is -0.301. The molecule has 4 rings (SSSR count). The number of nitrogens with zero attached hydrogens (tertiary/aromatic N) is 1. The van der Waals surface area contributed by atoms with Gasteiger partial charge in [-0.3, -0.25) is 4.90 Å². The van der Waals surface area contributed by atoms with Gasteiger partial charge in [-0.15, -0.1) is 25.6 Å². The van der Waals surface area contributed by atoms with Gasteiger partial charge in [0.1, 0.15) is 5.75 Å². The zero-order chi connectivity index (χ0) is 23.3. The minimum absolute atomic E-state index is 0. The Labute approximate surface area is 203 Å². The van der Waals surface area contributed by atoms with E-state index < -0.39 is 12.5 Å². The van der Waals surface area contributed by atoms with Crippen LogP contribution in [-0.4, -0.2) is 36.1 Å². The van der Waals surface area contributed by atoms with Gasteiger partial charge >= 0.3 is 6.36 Å². The van der Waals surface area contributed by atoms with Gasteiger partial charge in [0.2, 0.25) is 0 Å². The lowest BCUT2D eigenvalue weighted by molar-refractivity contribution is -0.275. The first-order valence-electron chi connectivity index (χ1n) is 10.9. The number of halogens is 4. The molecular formula is C26H27ClF3NO3. The number of hydrogen-bond donors (Lipinski definition) is 1. The third-order valence-corrected chi connectivity index (χ3v) is 5.71. The smallest absolute Gasteiger partial charge is 0.406 e. The molecule has 0 radical (unpaired) electrons. The molecule has 1 heterocycles. The van der Waals surface area contributed by atoms with Crippen molar-refractivity contribution in [3.05, 3.63) is 101 Å². The summed E-state index contributed by atoms with van der Waals surface area (Å²) in [5, 5.41) is 11.0. The molecule has 182 valence electrons. The molecule has 1 N–H and O–H groups in total. The van der Waals surface area contributed by atoms with E-state index >= 15 is 0 Å². The van der Waals surface area contributed by atoms with Gasteiger partial charge in [0.25, 0.3) is 0 Å². The van der Waals surface area contributed by atoms with Crippen LogP contribution >= 0.6 is 12.4 Å². The lowest BCUT2D eigenvalue weighted by atomic mass is 9.93. The van der Waals surface area contributed by atoms with Crippen LogP contribution < -0.4 is 4.74 Å². The van der Waals surface area contributed by atoms with E-state index in [0.29, 0.717) is 18.7 Å². The van der Waals surface area contributed by atoms with Crippen LogP contribution in [0.3, 0.4) is 0 Å². The quantitative estimate of drug-likeness (QED) is 0.448. The topological polar surface area (TPSA) is 41.9 Å². The molecule has 1 aliphatic heterocycles. The highest BCUT2D eigenvalue weighted by Gasteiger charge is 2.32. The van der Waals surface area contributed by atoms with Gasteiger partial charge in [-0.25, -0.2) is 0 Å². The van der Waals surface area contributed by atoms with Crippen molar-refractivity contribution in [1.82, 2.24) is 4.90 Å². The van der Waals surface area contributed by atoms with Crippen LogP contribution in [0.2, 0.25) is 0 Å². The molecule has 0 bridgehead atoms. The predicted octanol–water partition coefficient (Wildman–Crippen LogP) is 5.86. The lowest BCUT2D eigenvalue weighted by Gasteiger charge is -2.34. The Kier molecular flexibility index (Phi) is 8.97. The van der Waals surface area contributed by atoms with Crippen LogP contribution in [0.25, 0.3) is 0 Å². The summed E-state index contributed by atoms with van der Waals surface area (Å²) < 4.78 is 48.5. The first-order valence-corrected chi connectivity index (χ1v) is 10.9.